The summed E-state index contributed by atoms with van der Waals surface area (Å²) in [5.74, 6) is 0.173. The van der Waals surface area contributed by atoms with Crippen LogP contribution in [-0.2, 0) is 4.79 Å². The third kappa shape index (κ3) is 10.5. The summed E-state index contributed by atoms with van der Waals surface area (Å²) >= 11 is 0. The van der Waals surface area contributed by atoms with E-state index in [9.17, 15) is 22.1 Å². The highest BCUT2D eigenvalue weighted by molar-refractivity contribution is 6.50. The van der Waals surface area contributed by atoms with Gasteiger partial charge in [-0.05, 0) is 19.1 Å². The molecule has 1 aromatic rings. The first-order chi connectivity index (χ1) is 7.70. The monoisotopic (exact) mass is 250 g/mol. The van der Waals surface area contributed by atoms with E-state index in [1.165, 1.54) is 13.0 Å². The number of carbonyl (C=O) groups excluding carboxylic acids is 1. The van der Waals surface area contributed by atoms with Crippen molar-refractivity contribution in [1.29, 1.82) is 0 Å². The fourth-order valence-corrected chi connectivity index (χ4v) is 0.904. The first kappa shape index (κ1) is 15.2. The van der Waals surface area contributed by atoms with Crippen LogP contribution in [0.1, 0.15) is 12.5 Å². The minimum absolute atomic E-state index is 0.0937. The zero-order valence-electron chi connectivity index (χ0n) is 8.96. The molecule has 0 unspecified atom stereocenters. The summed E-state index contributed by atoms with van der Waals surface area (Å²) in [4.78, 5) is 10.6. The van der Waals surface area contributed by atoms with Gasteiger partial charge in [0.1, 0.15) is 0 Å². The van der Waals surface area contributed by atoms with Crippen LogP contribution in [-0.4, -0.2) is 18.1 Å². The van der Waals surface area contributed by atoms with E-state index in [1.807, 2.05) is 30.3 Å². The van der Waals surface area contributed by atoms with E-state index >= 15 is 0 Å². The van der Waals surface area contributed by atoms with Crippen LogP contribution in [0.5, 0.6) is 0 Å². The van der Waals surface area contributed by atoms with Crippen molar-refractivity contribution < 1.29 is 27.2 Å². The molecule has 0 spiro atoms. The highest BCUT2D eigenvalue weighted by Crippen LogP contribution is 2.09. The Morgan fingerprint density at radius 1 is 1.18 bits per heavy atom. The number of benzene rings is 1. The molecule has 2 N–H and O–H groups in total. The molecule has 0 aromatic heterocycles. The molecule has 17 heavy (non-hydrogen) atoms. The largest absolute Gasteiger partial charge is 0.673 e. The molecule has 94 valence electrons. The van der Waals surface area contributed by atoms with E-state index in [-0.39, 0.29) is 11.5 Å². The normalized spacial score (nSPS) is 11.5. The Morgan fingerprint density at radius 3 is 1.94 bits per heavy atom. The highest BCUT2D eigenvalue weighted by atomic mass is 19.5. The van der Waals surface area contributed by atoms with Crippen LogP contribution < -0.4 is 0 Å². The Balaban J connectivity index is 0.000000437. The maximum absolute atomic E-state index is 10.6. The second kappa shape index (κ2) is 6.72. The zero-order chi connectivity index (χ0) is 13.5. The fourth-order valence-electron chi connectivity index (χ4n) is 0.904. The Kier molecular flexibility index (Phi) is 6.02. The molecule has 0 amide bonds. The number of allylic oxidation sites excluding steroid dienone is 1. The van der Waals surface area contributed by atoms with Crippen molar-refractivity contribution >= 4 is 18.8 Å². The highest BCUT2D eigenvalue weighted by Gasteiger charge is 2.20. The summed E-state index contributed by atoms with van der Waals surface area (Å²) in [6.07, 6.45) is 1.31. The predicted molar refractivity (Wildman–Crippen MR) is 58.9 cm³/mol. The molecular formula is C10H11BF4O2. The molecule has 0 aliphatic carbocycles. The Hall–Kier alpha value is -1.79. The van der Waals surface area contributed by atoms with E-state index in [1.54, 1.807) is 0 Å². The molecule has 0 saturated heterocycles. The van der Waals surface area contributed by atoms with Crippen LogP contribution in [0.4, 0.5) is 17.3 Å². The van der Waals surface area contributed by atoms with Crippen LogP contribution in [0.25, 0.3) is 5.76 Å². The predicted octanol–water partition coefficient (Wildman–Crippen LogP) is 2.64. The molecule has 0 aliphatic rings. The van der Waals surface area contributed by atoms with Gasteiger partial charge >= 0.3 is 7.25 Å². The van der Waals surface area contributed by atoms with Crippen molar-refractivity contribution in [2.75, 3.05) is 0 Å². The Bertz CT molecular complexity index is 381. The summed E-state index contributed by atoms with van der Waals surface area (Å²) in [5, 5.41) is 7.48. The SMILES string of the molecule is CC(=O)C=C([OH2+])c1ccccc1.F[B-](F)(F)F. The molecule has 0 heterocycles. The van der Waals surface area contributed by atoms with Gasteiger partial charge in [0.15, 0.2) is 5.78 Å². The van der Waals surface area contributed by atoms with E-state index in [4.69, 9.17) is 5.11 Å². The lowest BCUT2D eigenvalue weighted by Gasteiger charge is -1.94. The van der Waals surface area contributed by atoms with Crippen molar-refractivity contribution in [2.24, 2.45) is 0 Å². The molecule has 0 atom stereocenters. The second-order valence-electron chi connectivity index (χ2n) is 3.03. The van der Waals surface area contributed by atoms with Gasteiger partial charge in [0.25, 0.3) is 5.76 Å². The van der Waals surface area contributed by atoms with Gasteiger partial charge in [-0.3, -0.25) is 4.79 Å². The maximum atomic E-state index is 10.6. The molecule has 0 radical (unpaired) electrons. The number of hydrogen-bond donors (Lipinski definition) is 0. The lowest BCUT2D eigenvalue weighted by molar-refractivity contribution is -0.112. The molecule has 1 aromatic carbocycles. The third-order valence-electron chi connectivity index (χ3n) is 1.43. The van der Waals surface area contributed by atoms with Crippen molar-refractivity contribution in [2.45, 2.75) is 6.92 Å². The van der Waals surface area contributed by atoms with Crippen LogP contribution in [0.2, 0.25) is 0 Å². The first-order valence-corrected chi connectivity index (χ1v) is 4.57. The van der Waals surface area contributed by atoms with E-state index in [2.05, 4.69) is 0 Å². The average molecular weight is 250 g/mol. The molecule has 2 nitrogen and oxygen atoms in total. The zero-order valence-corrected chi connectivity index (χ0v) is 8.96. The molecular weight excluding hydrogens is 239 g/mol. The summed E-state index contributed by atoms with van der Waals surface area (Å²) < 4.78 is 39.0. The van der Waals surface area contributed by atoms with Gasteiger partial charge in [-0.25, -0.2) is 0 Å². The lowest BCUT2D eigenvalue weighted by Crippen LogP contribution is -2.02. The molecule has 7 heteroatoms. The topological polar surface area (TPSA) is 40.0 Å². The van der Waals surface area contributed by atoms with E-state index in [0.29, 0.717) is 0 Å². The smallest absolute Gasteiger partial charge is 0.593 e. The lowest BCUT2D eigenvalue weighted by atomic mass is 10.1. The molecule has 1 rings (SSSR count). The molecule has 0 bridgehead atoms. The van der Waals surface area contributed by atoms with E-state index in [0.717, 1.165) is 5.56 Å². The van der Waals surface area contributed by atoms with Gasteiger partial charge in [0, 0.05) is 0 Å². The van der Waals surface area contributed by atoms with Crippen molar-refractivity contribution in [3.05, 3.63) is 42.0 Å². The van der Waals surface area contributed by atoms with Gasteiger partial charge in [-0.15, -0.1) is 0 Å². The number of halogens is 4. The summed E-state index contributed by atoms with van der Waals surface area (Å²) in [6, 6.07) is 9.18. The molecule has 0 aliphatic heterocycles. The van der Waals surface area contributed by atoms with E-state index < -0.39 is 7.25 Å². The number of hydrogen-bond acceptors (Lipinski definition) is 1. The second-order valence-corrected chi connectivity index (χ2v) is 3.03. The van der Waals surface area contributed by atoms with Crippen molar-refractivity contribution in [1.82, 2.24) is 0 Å². The van der Waals surface area contributed by atoms with Crippen molar-refractivity contribution in [3.8, 4) is 0 Å². The minimum atomic E-state index is -6.00. The van der Waals surface area contributed by atoms with Crippen LogP contribution in [0.15, 0.2) is 36.4 Å². The van der Waals surface area contributed by atoms with Crippen LogP contribution >= 0.6 is 0 Å². The van der Waals surface area contributed by atoms with Gasteiger partial charge < -0.3 is 22.4 Å². The van der Waals surface area contributed by atoms with Gasteiger partial charge in [-0.2, -0.15) is 0 Å². The van der Waals surface area contributed by atoms with Crippen LogP contribution in [0.3, 0.4) is 0 Å². The van der Waals surface area contributed by atoms with Crippen LogP contribution in [0, 0.1) is 0 Å². The fraction of sp³-hybridized carbons (Fsp3) is 0.100. The molecule has 0 saturated carbocycles. The van der Waals surface area contributed by atoms with Gasteiger partial charge in [0.05, 0.1) is 11.6 Å². The minimum Gasteiger partial charge on any atom is -0.593 e. The Labute approximate surface area is 95.7 Å². The third-order valence-corrected chi connectivity index (χ3v) is 1.43. The first-order valence-electron chi connectivity index (χ1n) is 4.57. The summed E-state index contributed by atoms with van der Waals surface area (Å²) in [6.45, 7) is 1.44. The Morgan fingerprint density at radius 2 is 1.59 bits per heavy atom. The number of rotatable bonds is 2. The number of ketones is 1. The van der Waals surface area contributed by atoms with Gasteiger partial charge in [-0.1, -0.05) is 18.2 Å². The maximum Gasteiger partial charge on any atom is 0.673 e. The summed E-state index contributed by atoms with van der Waals surface area (Å²) in [7, 11) is -6.00. The average Bonchev–Trinajstić information content (AvgIpc) is 2.15. The standard InChI is InChI=1S/C10H10O2.BF4/c1-8(11)7-10(12)9-5-3-2-4-6-9;2-1(3,4)5/h2-7,12H,1H3;/q;-1/p+1. The quantitative estimate of drug-likeness (QED) is 0.261. The summed E-state index contributed by atoms with van der Waals surface area (Å²) in [5.41, 5.74) is 0.771. The molecule has 0 fully saturated rings. The van der Waals surface area contributed by atoms with Gasteiger partial charge in [0.2, 0.25) is 0 Å². The van der Waals surface area contributed by atoms with Crippen molar-refractivity contribution in [3.63, 3.8) is 0 Å². The number of carbonyl (C=O) groups is 1.